The molecule has 0 aromatic heterocycles. The number of rotatable bonds is 1. The molecule has 0 amide bonds. The second-order valence-corrected chi connectivity index (χ2v) is 4.77. The Kier molecular flexibility index (Phi) is 3.26. The minimum absolute atomic E-state index is 0. The molecule has 0 aromatic carbocycles. The highest BCUT2D eigenvalue weighted by molar-refractivity contribution is 8.16. The molecule has 3 aliphatic rings. The number of hydrogen-bond acceptors (Lipinski definition) is 4. The monoisotopic (exact) mass is 241 g/mol. The highest BCUT2D eigenvalue weighted by Crippen LogP contribution is 2.35. The minimum Gasteiger partial charge on any atom is -0.249 e. The number of aliphatic imine (C=N–C) groups is 3. The largest absolute Gasteiger partial charge is 0.249 e. The molecule has 0 fully saturated rings. The Morgan fingerprint density at radius 2 is 2.33 bits per heavy atom. The molecule has 1 aliphatic carbocycles. The lowest BCUT2D eigenvalue weighted by Crippen LogP contribution is -2.13. The molecule has 2 aliphatic heterocycles. The van der Waals surface area contributed by atoms with Crippen LogP contribution in [0.5, 0.6) is 0 Å². The van der Waals surface area contributed by atoms with E-state index >= 15 is 0 Å². The van der Waals surface area contributed by atoms with Crippen LogP contribution in [0.2, 0.25) is 0 Å². The predicted octanol–water partition coefficient (Wildman–Crippen LogP) is 2.68. The number of fused-ring (bicyclic) bond motifs is 1. The lowest BCUT2D eigenvalue weighted by atomic mass is 9.96. The molecular formula is C10H12ClN3S. The van der Waals surface area contributed by atoms with Crippen LogP contribution in [0.3, 0.4) is 0 Å². The molecule has 3 nitrogen and oxygen atoms in total. The second kappa shape index (κ2) is 4.49. The van der Waals surface area contributed by atoms with Gasteiger partial charge in [0.25, 0.3) is 0 Å². The fourth-order valence-electron chi connectivity index (χ4n) is 1.94. The zero-order valence-electron chi connectivity index (χ0n) is 8.17. The van der Waals surface area contributed by atoms with Crippen molar-refractivity contribution in [2.45, 2.75) is 24.6 Å². The summed E-state index contributed by atoms with van der Waals surface area (Å²) in [5.41, 5.74) is 0. The van der Waals surface area contributed by atoms with Crippen molar-refractivity contribution in [1.82, 2.24) is 0 Å². The maximum absolute atomic E-state index is 4.57. The summed E-state index contributed by atoms with van der Waals surface area (Å²) in [4.78, 5) is 12.9. The van der Waals surface area contributed by atoms with Crippen LogP contribution in [0.4, 0.5) is 0 Å². The average molecular weight is 242 g/mol. The standard InChI is InChI=1S/C10H11N3S.ClH/c1-2-4-7(5-3-1)9-13-8-10(14-9)12-6-11-8;/h2,4,6-7,9H,1,3,5H2;1H. The lowest BCUT2D eigenvalue weighted by molar-refractivity contribution is 0.531. The van der Waals surface area contributed by atoms with Gasteiger partial charge in [0.15, 0.2) is 5.84 Å². The Morgan fingerprint density at radius 1 is 1.40 bits per heavy atom. The van der Waals surface area contributed by atoms with Gasteiger partial charge in [-0.05, 0) is 19.3 Å². The van der Waals surface area contributed by atoms with Gasteiger partial charge in [-0.1, -0.05) is 23.9 Å². The van der Waals surface area contributed by atoms with Crippen LogP contribution < -0.4 is 0 Å². The number of hydrogen-bond donors (Lipinski definition) is 0. The first-order valence-electron chi connectivity index (χ1n) is 4.95. The van der Waals surface area contributed by atoms with E-state index in [9.17, 15) is 0 Å². The van der Waals surface area contributed by atoms with Crippen LogP contribution >= 0.6 is 24.2 Å². The highest BCUT2D eigenvalue weighted by Gasteiger charge is 2.31. The molecule has 0 bridgehead atoms. The molecule has 80 valence electrons. The van der Waals surface area contributed by atoms with E-state index in [-0.39, 0.29) is 12.4 Å². The number of allylic oxidation sites excluding steroid dienone is 1. The summed E-state index contributed by atoms with van der Waals surface area (Å²) >= 11 is 1.76. The van der Waals surface area contributed by atoms with E-state index < -0.39 is 0 Å². The number of nitrogens with zero attached hydrogens (tertiary/aromatic N) is 3. The molecule has 0 saturated heterocycles. The van der Waals surface area contributed by atoms with Crippen molar-refractivity contribution < 1.29 is 0 Å². The van der Waals surface area contributed by atoms with Gasteiger partial charge in [-0.3, -0.25) is 0 Å². The maximum atomic E-state index is 4.57. The van der Waals surface area contributed by atoms with Gasteiger partial charge in [-0.15, -0.1) is 12.4 Å². The molecule has 0 saturated carbocycles. The summed E-state index contributed by atoms with van der Waals surface area (Å²) in [7, 11) is 0. The lowest BCUT2D eigenvalue weighted by Gasteiger charge is -2.19. The molecule has 5 heteroatoms. The first-order valence-corrected chi connectivity index (χ1v) is 5.83. The third-order valence-electron chi connectivity index (χ3n) is 2.69. The van der Waals surface area contributed by atoms with Gasteiger partial charge in [0, 0.05) is 5.92 Å². The molecule has 2 heterocycles. The smallest absolute Gasteiger partial charge is 0.183 e. The van der Waals surface area contributed by atoms with Gasteiger partial charge in [-0.2, -0.15) is 0 Å². The quantitative estimate of drug-likeness (QED) is 0.651. The van der Waals surface area contributed by atoms with E-state index in [0.29, 0.717) is 11.3 Å². The summed E-state index contributed by atoms with van der Waals surface area (Å²) in [6, 6.07) is 0. The molecule has 2 unspecified atom stereocenters. The van der Waals surface area contributed by atoms with E-state index in [1.165, 1.54) is 19.3 Å². The van der Waals surface area contributed by atoms with E-state index in [0.717, 1.165) is 10.9 Å². The average Bonchev–Trinajstić information content (AvgIpc) is 2.78. The van der Waals surface area contributed by atoms with Crippen molar-refractivity contribution in [3.05, 3.63) is 12.2 Å². The summed E-state index contributed by atoms with van der Waals surface area (Å²) in [6.07, 6.45) is 9.93. The van der Waals surface area contributed by atoms with Gasteiger partial charge in [0.2, 0.25) is 0 Å². The van der Waals surface area contributed by atoms with Crippen LogP contribution in [0, 0.1) is 5.92 Å². The van der Waals surface area contributed by atoms with Gasteiger partial charge in [0.1, 0.15) is 16.8 Å². The Hall–Kier alpha value is -0.610. The fourth-order valence-corrected chi connectivity index (χ4v) is 3.04. The zero-order valence-corrected chi connectivity index (χ0v) is 9.80. The fraction of sp³-hybridized carbons (Fsp3) is 0.500. The van der Waals surface area contributed by atoms with Crippen molar-refractivity contribution >= 4 is 41.4 Å². The van der Waals surface area contributed by atoms with E-state index in [1.54, 1.807) is 18.1 Å². The van der Waals surface area contributed by atoms with Crippen molar-refractivity contribution in [1.29, 1.82) is 0 Å². The Labute approximate surface area is 99.3 Å². The van der Waals surface area contributed by atoms with Crippen molar-refractivity contribution in [2.75, 3.05) is 0 Å². The van der Waals surface area contributed by atoms with Crippen molar-refractivity contribution in [3.63, 3.8) is 0 Å². The molecule has 2 atom stereocenters. The second-order valence-electron chi connectivity index (χ2n) is 3.66. The zero-order chi connectivity index (χ0) is 9.38. The SMILES string of the molecule is C1=CC(C2N=C3N=CN=C3S2)CCC1.Cl. The molecule has 0 N–H and O–H groups in total. The van der Waals surface area contributed by atoms with E-state index in [4.69, 9.17) is 0 Å². The van der Waals surface area contributed by atoms with Gasteiger partial charge in [-0.25, -0.2) is 15.0 Å². The third kappa shape index (κ3) is 2.01. The van der Waals surface area contributed by atoms with Gasteiger partial charge >= 0.3 is 0 Å². The van der Waals surface area contributed by atoms with Crippen molar-refractivity contribution in [3.8, 4) is 0 Å². The summed E-state index contributed by atoms with van der Waals surface area (Å²) < 4.78 is 0. The van der Waals surface area contributed by atoms with Crippen LogP contribution in [0.15, 0.2) is 27.1 Å². The molecule has 0 radical (unpaired) electrons. The molecule has 0 aromatic rings. The number of amidine groups is 1. The Balaban J connectivity index is 0.000000853. The van der Waals surface area contributed by atoms with Crippen LogP contribution in [0.1, 0.15) is 19.3 Å². The van der Waals surface area contributed by atoms with E-state index in [1.807, 2.05) is 0 Å². The predicted molar refractivity (Wildman–Crippen MR) is 68.5 cm³/mol. The van der Waals surface area contributed by atoms with Gasteiger partial charge < -0.3 is 0 Å². The summed E-state index contributed by atoms with van der Waals surface area (Å²) in [6.45, 7) is 0. The van der Waals surface area contributed by atoms with Gasteiger partial charge in [0.05, 0.1) is 0 Å². The third-order valence-corrected chi connectivity index (χ3v) is 3.89. The highest BCUT2D eigenvalue weighted by atomic mass is 35.5. The van der Waals surface area contributed by atoms with E-state index in [2.05, 4.69) is 27.1 Å². The molecule has 15 heavy (non-hydrogen) atoms. The molecular weight excluding hydrogens is 230 g/mol. The first-order chi connectivity index (χ1) is 6.93. The van der Waals surface area contributed by atoms with Crippen LogP contribution in [-0.4, -0.2) is 22.6 Å². The normalized spacial score (nSPS) is 32.0. The van der Waals surface area contributed by atoms with Crippen LogP contribution in [0.25, 0.3) is 0 Å². The molecule has 3 rings (SSSR count). The number of halogens is 1. The Morgan fingerprint density at radius 3 is 3.07 bits per heavy atom. The Bertz CT molecular complexity index is 373. The summed E-state index contributed by atoms with van der Waals surface area (Å²) in [5.74, 6) is 1.43. The minimum atomic E-state index is 0. The number of thioether (sulfide) groups is 1. The topological polar surface area (TPSA) is 37.1 Å². The first kappa shape index (κ1) is 10.9. The van der Waals surface area contributed by atoms with Crippen molar-refractivity contribution in [2.24, 2.45) is 20.9 Å². The maximum Gasteiger partial charge on any atom is 0.183 e. The summed E-state index contributed by atoms with van der Waals surface area (Å²) in [5, 5.41) is 1.34. The van der Waals surface area contributed by atoms with Crippen LogP contribution in [-0.2, 0) is 0 Å². The molecule has 0 spiro atoms.